The smallest absolute Gasteiger partial charge is 0.167 e. The Hall–Kier alpha value is -1.55. The highest BCUT2D eigenvalue weighted by atomic mass is 28.1. The van der Waals surface area contributed by atoms with Crippen LogP contribution in [0.25, 0.3) is 11.2 Å². The number of rotatable bonds is 9. The standard InChI is InChI=1S/C15H27N5O3Si/c1-4-5-6-11-16-12-13(19(2)3)17-15(24)18-14(12)20(11)9-23-10(7-21)8-22/h10,21-22H,4-9H2,1-3,24H3. The van der Waals surface area contributed by atoms with Crippen LogP contribution in [0.4, 0.5) is 5.82 Å². The third-order valence-electron chi connectivity index (χ3n) is 3.79. The Morgan fingerprint density at radius 1 is 1.21 bits per heavy atom. The first-order chi connectivity index (χ1) is 11.5. The highest BCUT2D eigenvalue weighted by Gasteiger charge is 2.19. The molecular weight excluding hydrogens is 326 g/mol. The number of unbranched alkanes of at least 4 members (excludes halogenated alkanes) is 1. The summed E-state index contributed by atoms with van der Waals surface area (Å²) in [6.07, 6.45) is 2.30. The predicted octanol–water partition coefficient (Wildman–Crippen LogP) is -1.45. The average molecular weight is 353 g/mol. The third-order valence-corrected chi connectivity index (χ3v) is 4.24. The summed E-state index contributed by atoms with van der Waals surface area (Å²) in [5, 5.41) is 18.4. The first kappa shape index (κ1) is 18.8. The van der Waals surface area contributed by atoms with Gasteiger partial charge in [0.05, 0.1) is 23.5 Å². The quantitative estimate of drug-likeness (QED) is 0.533. The largest absolute Gasteiger partial charge is 0.394 e. The molecule has 9 heteroatoms. The van der Waals surface area contributed by atoms with Gasteiger partial charge in [0.25, 0.3) is 0 Å². The van der Waals surface area contributed by atoms with Crippen molar-refractivity contribution in [3.8, 4) is 0 Å². The van der Waals surface area contributed by atoms with Crippen LogP contribution in [0.2, 0.25) is 0 Å². The molecule has 0 spiro atoms. The third kappa shape index (κ3) is 4.10. The fourth-order valence-corrected chi connectivity index (χ4v) is 2.88. The normalized spacial score (nSPS) is 11.8. The van der Waals surface area contributed by atoms with Gasteiger partial charge in [0, 0.05) is 20.5 Å². The number of aliphatic hydroxyl groups excluding tert-OH is 2. The number of hydrogen-bond donors (Lipinski definition) is 2. The molecule has 0 amide bonds. The molecule has 8 nitrogen and oxygen atoms in total. The van der Waals surface area contributed by atoms with E-state index in [4.69, 9.17) is 9.72 Å². The van der Waals surface area contributed by atoms with E-state index in [9.17, 15) is 10.2 Å². The molecule has 2 N–H and O–H groups in total. The first-order valence-electron chi connectivity index (χ1n) is 8.26. The molecule has 0 atom stereocenters. The van der Waals surface area contributed by atoms with Crippen molar-refractivity contribution >= 4 is 32.7 Å². The summed E-state index contributed by atoms with van der Waals surface area (Å²) in [4.78, 5) is 15.8. The zero-order valence-corrected chi connectivity index (χ0v) is 16.9. The van der Waals surface area contributed by atoms with Crippen molar-refractivity contribution in [2.45, 2.75) is 39.0 Å². The number of aliphatic hydroxyl groups is 2. The van der Waals surface area contributed by atoms with Crippen molar-refractivity contribution in [3.63, 3.8) is 0 Å². The van der Waals surface area contributed by atoms with Gasteiger partial charge in [-0.25, -0.2) is 15.0 Å². The van der Waals surface area contributed by atoms with Crippen molar-refractivity contribution in [3.05, 3.63) is 5.82 Å². The lowest BCUT2D eigenvalue weighted by Gasteiger charge is -2.15. The number of ether oxygens (including phenoxy) is 1. The molecule has 0 aliphatic carbocycles. The summed E-state index contributed by atoms with van der Waals surface area (Å²) < 4.78 is 7.54. The highest BCUT2D eigenvalue weighted by molar-refractivity contribution is 6.29. The number of anilines is 1. The van der Waals surface area contributed by atoms with Crippen LogP contribution in [0.3, 0.4) is 0 Å². The van der Waals surface area contributed by atoms with Crippen LogP contribution in [0, 0.1) is 0 Å². The van der Waals surface area contributed by atoms with Crippen LogP contribution in [-0.4, -0.2) is 73.4 Å². The number of imidazole rings is 1. The number of aromatic nitrogens is 4. The SMILES string of the molecule is CCCCc1nc2c(N(C)C)nc([SiH3])nc2n1COC(CO)CO. The van der Waals surface area contributed by atoms with Crippen LogP contribution in [-0.2, 0) is 17.9 Å². The molecule has 2 aromatic rings. The lowest BCUT2D eigenvalue weighted by molar-refractivity contribution is -0.0495. The summed E-state index contributed by atoms with van der Waals surface area (Å²) >= 11 is 0. The number of fused-ring (bicyclic) bond motifs is 1. The lowest BCUT2D eigenvalue weighted by atomic mass is 10.2. The fourth-order valence-electron chi connectivity index (χ4n) is 2.45. The van der Waals surface area contributed by atoms with E-state index >= 15 is 0 Å². The Morgan fingerprint density at radius 2 is 1.92 bits per heavy atom. The summed E-state index contributed by atoms with van der Waals surface area (Å²) in [6, 6.07) is 0. The summed E-state index contributed by atoms with van der Waals surface area (Å²) in [5.74, 6) is 1.70. The second kappa shape index (κ2) is 8.52. The highest BCUT2D eigenvalue weighted by Crippen LogP contribution is 2.22. The van der Waals surface area contributed by atoms with E-state index in [1.807, 2.05) is 23.6 Å². The van der Waals surface area contributed by atoms with Gasteiger partial charge < -0.3 is 19.8 Å². The number of nitrogens with zero attached hydrogens (tertiary/aromatic N) is 5. The lowest BCUT2D eigenvalue weighted by Crippen LogP contribution is -2.25. The molecule has 24 heavy (non-hydrogen) atoms. The summed E-state index contributed by atoms with van der Waals surface area (Å²) in [7, 11) is 4.62. The zero-order chi connectivity index (χ0) is 17.7. The molecule has 2 heterocycles. The van der Waals surface area contributed by atoms with Crippen molar-refractivity contribution in [1.29, 1.82) is 0 Å². The Bertz CT molecular complexity index is 673. The molecule has 0 fully saturated rings. The van der Waals surface area contributed by atoms with Crippen LogP contribution in [0.5, 0.6) is 0 Å². The van der Waals surface area contributed by atoms with Gasteiger partial charge in [-0.05, 0) is 6.42 Å². The van der Waals surface area contributed by atoms with Gasteiger partial charge in [-0.3, -0.25) is 4.57 Å². The fraction of sp³-hybridized carbons (Fsp3) is 0.667. The van der Waals surface area contributed by atoms with Gasteiger partial charge in [-0.2, -0.15) is 0 Å². The Morgan fingerprint density at radius 3 is 2.50 bits per heavy atom. The molecule has 0 saturated heterocycles. The molecule has 0 aliphatic rings. The number of aryl methyl sites for hydroxylation is 1. The van der Waals surface area contributed by atoms with Gasteiger partial charge in [0.1, 0.15) is 24.1 Å². The van der Waals surface area contributed by atoms with Gasteiger partial charge in [-0.15, -0.1) is 0 Å². The maximum Gasteiger partial charge on any atom is 0.167 e. The minimum atomic E-state index is -0.605. The van der Waals surface area contributed by atoms with Crippen LogP contribution in [0.1, 0.15) is 25.6 Å². The van der Waals surface area contributed by atoms with E-state index in [1.54, 1.807) is 0 Å². The van der Waals surface area contributed by atoms with E-state index in [1.165, 1.54) is 0 Å². The molecule has 0 unspecified atom stereocenters. The summed E-state index contributed by atoms with van der Waals surface area (Å²) in [5.41, 5.74) is 2.31. The van der Waals surface area contributed by atoms with Crippen LogP contribution in [0.15, 0.2) is 0 Å². The van der Waals surface area contributed by atoms with Crippen LogP contribution < -0.4 is 10.3 Å². The molecule has 2 rings (SSSR count). The second-order valence-corrected chi connectivity index (χ2v) is 6.90. The molecule has 134 valence electrons. The molecule has 0 aliphatic heterocycles. The van der Waals surface area contributed by atoms with Gasteiger partial charge in [-0.1, -0.05) is 13.3 Å². The monoisotopic (exact) mass is 353 g/mol. The van der Waals surface area contributed by atoms with E-state index < -0.39 is 6.10 Å². The summed E-state index contributed by atoms with van der Waals surface area (Å²) in [6.45, 7) is 1.89. The molecule has 2 aromatic heterocycles. The van der Waals surface area contributed by atoms with Gasteiger partial charge in [0.2, 0.25) is 0 Å². The topological polar surface area (TPSA) is 96.5 Å². The van der Waals surface area contributed by atoms with Gasteiger partial charge >= 0.3 is 0 Å². The molecular formula is C15H27N5O3Si. The van der Waals surface area contributed by atoms with Crippen molar-refractivity contribution < 1.29 is 14.9 Å². The molecule has 0 radical (unpaired) electrons. The average Bonchev–Trinajstić information content (AvgIpc) is 2.90. The van der Waals surface area contributed by atoms with Gasteiger partial charge in [0.15, 0.2) is 17.0 Å². The Balaban J connectivity index is 2.47. The predicted molar refractivity (Wildman–Crippen MR) is 96.9 cm³/mol. The second-order valence-electron chi connectivity index (χ2n) is 6.00. The molecule has 0 saturated carbocycles. The Labute approximate surface area is 144 Å². The van der Waals surface area contributed by atoms with Crippen LogP contribution >= 0.6 is 0 Å². The van der Waals surface area contributed by atoms with E-state index in [0.717, 1.165) is 57.8 Å². The zero-order valence-electron chi connectivity index (χ0n) is 14.9. The molecule has 0 bridgehead atoms. The van der Waals surface area contributed by atoms with Crippen molar-refractivity contribution in [2.75, 3.05) is 32.2 Å². The van der Waals surface area contributed by atoms with E-state index in [0.29, 0.717) is 0 Å². The maximum absolute atomic E-state index is 9.20. The van der Waals surface area contributed by atoms with Crippen molar-refractivity contribution in [2.24, 2.45) is 0 Å². The van der Waals surface area contributed by atoms with E-state index in [-0.39, 0.29) is 19.9 Å². The van der Waals surface area contributed by atoms with E-state index in [2.05, 4.69) is 16.9 Å². The maximum atomic E-state index is 9.20. The van der Waals surface area contributed by atoms with Crippen molar-refractivity contribution in [1.82, 2.24) is 19.5 Å². The first-order valence-corrected chi connectivity index (χ1v) is 9.26. The minimum Gasteiger partial charge on any atom is -0.394 e. The minimum absolute atomic E-state index is 0.201. The number of hydrogen-bond acceptors (Lipinski definition) is 7. The molecule has 0 aromatic carbocycles. The Kier molecular flexibility index (Phi) is 6.66.